The number of benzene rings is 2. The topological polar surface area (TPSA) is 64.7 Å². The molecule has 3 amide bonds. The van der Waals surface area contributed by atoms with Crippen LogP contribution in [0.5, 0.6) is 0 Å². The number of hydrogen-bond donors (Lipinski definition) is 2. The highest BCUT2D eigenvalue weighted by Gasteiger charge is 2.25. The third-order valence-electron chi connectivity index (χ3n) is 6.56. The number of carbonyl (C=O) groups excluding carboxylic acids is 2. The number of halogens is 1. The van der Waals surface area contributed by atoms with E-state index in [1.807, 2.05) is 23.1 Å². The lowest BCUT2D eigenvalue weighted by atomic mass is 9.89. The van der Waals surface area contributed by atoms with E-state index in [0.29, 0.717) is 23.7 Å². The first-order chi connectivity index (χ1) is 16.1. The lowest BCUT2D eigenvalue weighted by molar-refractivity contribution is 0.0951. The minimum absolute atomic E-state index is 0.0218. The molecule has 2 aromatic rings. The van der Waals surface area contributed by atoms with E-state index in [-0.39, 0.29) is 17.9 Å². The average molecular weight is 469 g/mol. The lowest BCUT2D eigenvalue weighted by Gasteiger charge is -2.33. The Kier molecular flexibility index (Phi) is 8.24. The van der Waals surface area contributed by atoms with Crippen LogP contribution >= 0.6 is 11.6 Å². The predicted molar refractivity (Wildman–Crippen MR) is 133 cm³/mol. The Hall–Kier alpha value is -2.57. The van der Waals surface area contributed by atoms with Crippen molar-refractivity contribution in [3.63, 3.8) is 0 Å². The van der Waals surface area contributed by atoms with Crippen molar-refractivity contribution < 1.29 is 9.59 Å². The van der Waals surface area contributed by atoms with Gasteiger partial charge in [-0.25, -0.2) is 4.79 Å². The van der Waals surface area contributed by atoms with E-state index >= 15 is 0 Å². The molecule has 0 unspecified atom stereocenters. The summed E-state index contributed by atoms with van der Waals surface area (Å²) in [6.07, 6.45) is 5.50. The van der Waals surface area contributed by atoms with Crippen LogP contribution < -0.4 is 10.6 Å². The van der Waals surface area contributed by atoms with Crippen LogP contribution in [-0.2, 0) is 0 Å². The van der Waals surface area contributed by atoms with Crippen molar-refractivity contribution in [2.24, 2.45) is 0 Å². The summed E-state index contributed by atoms with van der Waals surface area (Å²) < 4.78 is 0. The zero-order valence-corrected chi connectivity index (χ0v) is 19.8. The molecule has 2 aliphatic heterocycles. The van der Waals surface area contributed by atoms with E-state index in [0.717, 1.165) is 43.6 Å². The molecule has 2 heterocycles. The zero-order chi connectivity index (χ0) is 23.0. The first kappa shape index (κ1) is 23.6. The van der Waals surface area contributed by atoms with Crippen molar-refractivity contribution in [3.8, 4) is 0 Å². The molecule has 2 aromatic carbocycles. The van der Waals surface area contributed by atoms with Crippen LogP contribution in [0.3, 0.4) is 0 Å². The van der Waals surface area contributed by atoms with E-state index in [2.05, 4.69) is 21.6 Å². The van der Waals surface area contributed by atoms with Gasteiger partial charge in [-0.15, -0.1) is 0 Å². The second-order valence-corrected chi connectivity index (χ2v) is 9.44. The van der Waals surface area contributed by atoms with Crippen molar-refractivity contribution in [1.29, 1.82) is 0 Å². The average Bonchev–Trinajstić information content (AvgIpc) is 3.37. The predicted octanol–water partition coefficient (Wildman–Crippen LogP) is 4.97. The maximum atomic E-state index is 12.8. The molecule has 176 valence electrons. The number of hydrogen-bond acceptors (Lipinski definition) is 3. The highest BCUT2D eigenvalue weighted by atomic mass is 35.5. The van der Waals surface area contributed by atoms with Crippen molar-refractivity contribution in [3.05, 3.63) is 64.7 Å². The Bertz CT molecular complexity index is 944. The highest BCUT2D eigenvalue weighted by molar-refractivity contribution is 6.30. The van der Waals surface area contributed by atoms with Gasteiger partial charge >= 0.3 is 6.03 Å². The molecule has 0 bridgehead atoms. The minimum Gasteiger partial charge on any atom is -0.352 e. The smallest absolute Gasteiger partial charge is 0.321 e. The number of likely N-dealkylation sites (tertiary alicyclic amines) is 2. The lowest BCUT2D eigenvalue weighted by Crippen LogP contribution is -2.41. The summed E-state index contributed by atoms with van der Waals surface area (Å²) in [6, 6.07) is 14.9. The van der Waals surface area contributed by atoms with Gasteiger partial charge in [-0.05, 0) is 93.7 Å². The molecule has 6 nitrogen and oxygen atoms in total. The standard InChI is InChI=1S/C26H33ClN4O2/c27-23-9-11-24(12-10-23)29-26(33)31-17-4-8-22(19-31)20-6-3-7-21(18-20)25(32)28-13-5-16-30-14-1-2-15-30/h3,6-7,9-12,18,22H,1-2,4-5,8,13-17,19H2,(H,28,32)(H,29,33)/t22-/m1/s1. The van der Waals surface area contributed by atoms with Crippen LogP contribution in [0.15, 0.2) is 48.5 Å². The third kappa shape index (κ3) is 6.71. The number of rotatable bonds is 7. The largest absolute Gasteiger partial charge is 0.352 e. The van der Waals surface area contributed by atoms with Crippen molar-refractivity contribution in [1.82, 2.24) is 15.1 Å². The first-order valence-corrected chi connectivity index (χ1v) is 12.4. The minimum atomic E-state index is -0.103. The summed E-state index contributed by atoms with van der Waals surface area (Å²) in [5, 5.41) is 6.65. The van der Waals surface area contributed by atoms with Gasteiger partial charge in [0.2, 0.25) is 0 Å². The van der Waals surface area contributed by atoms with Crippen LogP contribution in [0, 0.1) is 0 Å². The van der Waals surface area contributed by atoms with Gasteiger partial charge in [0, 0.05) is 41.8 Å². The van der Waals surface area contributed by atoms with E-state index < -0.39 is 0 Å². The summed E-state index contributed by atoms with van der Waals surface area (Å²) >= 11 is 5.93. The summed E-state index contributed by atoms with van der Waals surface area (Å²) in [5.74, 6) is 0.198. The van der Waals surface area contributed by atoms with Crippen molar-refractivity contribution in [2.45, 2.75) is 38.0 Å². The Morgan fingerprint density at radius 2 is 1.79 bits per heavy atom. The molecule has 0 radical (unpaired) electrons. The van der Waals surface area contributed by atoms with Gasteiger partial charge in [0.15, 0.2) is 0 Å². The van der Waals surface area contributed by atoms with Gasteiger partial charge in [0.25, 0.3) is 5.91 Å². The maximum Gasteiger partial charge on any atom is 0.321 e. The van der Waals surface area contributed by atoms with Gasteiger partial charge < -0.3 is 20.4 Å². The van der Waals surface area contributed by atoms with E-state index in [9.17, 15) is 9.59 Å². The second kappa shape index (κ2) is 11.5. The first-order valence-electron chi connectivity index (χ1n) is 12.0. The van der Waals surface area contributed by atoms with Gasteiger partial charge in [-0.2, -0.15) is 0 Å². The molecule has 2 N–H and O–H groups in total. The second-order valence-electron chi connectivity index (χ2n) is 9.01. The van der Waals surface area contributed by atoms with E-state index in [1.165, 1.54) is 25.9 Å². The molecule has 2 saturated heterocycles. The zero-order valence-electron chi connectivity index (χ0n) is 19.1. The number of amides is 3. The van der Waals surface area contributed by atoms with Crippen LogP contribution in [0.1, 0.15) is 53.9 Å². The van der Waals surface area contributed by atoms with Gasteiger partial charge in [0.1, 0.15) is 0 Å². The fourth-order valence-corrected chi connectivity index (χ4v) is 4.84. The summed E-state index contributed by atoms with van der Waals surface area (Å²) in [5.41, 5.74) is 2.54. The number of carbonyl (C=O) groups is 2. The molecule has 33 heavy (non-hydrogen) atoms. The molecule has 1 atom stereocenters. The molecular weight excluding hydrogens is 436 g/mol. The highest BCUT2D eigenvalue weighted by Crippen LogP contribution is 2.28. The molecule has 2 fully saturated rings. The fraction of sp³-hybridized carbons (Fsp3) is 0.462. The molecule has 0 aliphatic carbocycles. The van der Waals surface area contributed by atoms with Gasteiger partial charge in [0.05, 0.1) is 0 Å². The number of urea groups is 1. The molecule has 0 saturated carbocycles. The number of nitrogens with one attached hydrogen (secondary N) is 2. The SMILES string of the molecule is O=C(NCCCN1CCCC1)c1cccc([C@@H]2CCCN(C(=O)Nc3ccc(Cl)cc3)C2)c1. The number of piperidine rings is 1. The van der Waals surface area contributed by atoms with Crippen molar-refractivity contribution >= 4 is 29.2 Å². The molecule has 4 rings (SSSR count). The van der Waals surface area contributed by atoms with Crippen LogP contribution in [-0.4, -0.2) is 61.0 Å². The quantitative estimate of drug-likeness (QED) is 0.564. The normalized spacial score (nSPS) is 18.8. The maximum absolute atomic E-state index is 12.8. The van der Waals surface area contributed by atoms with Crippen molar-refractivity contribution in [2.75, 3.05) is 44.6 Å². The van der Waals surface area contributed by atoms with Gasteiger partial charge in [-0.1, -0.05) is 23.7 Å². The van der Waals surface area contributed by atoms with E-state index in [1.54, 1.807) is 24.3 Å². The molecular formula is C26H33ClN4O2. The van der Waals surface area contributed by atoms with Crippen LogP contribution in [0.4, 0.5) is 10.5 Å². The third-order valence-corrected chi connectivity index (χ3v) is 6.81. The Morgan fingerprint density at radius 3 is 2.58 bits per heavy atom. The molecule has 2 aliphatic rings. The summed E-state index contributed by atoms with van der Waals surface area (Å²) in [7, 11) is 0. The molecule has 0 aromatic heterocycles. The fourth-order valence-electron chi connectivity index (χ4n) is 4.72. The number of nitrogens with zero attached hydrogens (tertiary/aromatic N) is 2. The summed E-state index contributed by atoms with van der Waals surface area (Å²) in [4.78, 5) is 29.7. The van der Waals surface area contributed by atoms with Crippen LogP contribution in [0.2, 0.25) is 5.02 Å². The monoisotopic (exact) mass is 468 g/mol. The Labute approximate surface area is 201 Å². The Morgan fingerprint density at radius 1 is 1.00 bits per heavy atom. The summed E-state index contributed by atoms with van der Waals surface area (Å²) in [6.45, 7) is 5.49. The van der Waals surface area contributed by atoms with Crippen LogP contribution in [0.25, 0.3) is 0 Å². The molecule has 0 spiro atoms. The Balaban J connectivity index is 1.29. The van der Waals surface area contributed by atoms with E-state index in [4.69, 9.17) is 11.6 Å². The van der Waals surface area contributed by atoms with Gasteiger partial charge in [-0.3, -0.25) is 4.79 Å². The molecule has 7 heteroatoms. The number of anilines is 1.